The van der Waals surface area contributed by atoms with Crippen LogP contribution < -0.4 is 0 Å². The van der Waals surface area contributed by atoms with Gasteiger partial charge in [0.1, 0.15) is 0 Å². The van der Waals surface area contributed by atoms with E-state index in [1.54, 1.807) is 0 Å². The monoisotopic (exact) mass is 144 g/mol. The first-order valence-corrected chi connectivity index (χ1v) is 4.07. The average Bonchev–Trinajstić information content (AvgIpc) is 1.89. The van der Waals surface area contributed by atoms with Gasteiger partial charge in [-0.2, -0.15) is 0 Å². The predicted molar refractivity (Wildman–Crippen MR) is 39.9 cm³/mol. The number of rotatable bonds is 2. The highest BCUT2D eigenvalue weighted by Crippen LogP contribution is 2.23. The summed E-state index contributed by atoms with van der Waals surface area (Å²) < 4.78 is 5.19. The van der Waals surface area contributed by atoms with Crippen molar-refractivity contribution in [2.75, 3.05) is 13.2 Å². The molecule has 2 heteroatoms. The molecule has 1 saturated heterocycles. The molecule has 2 nitrogen and oxygen atoms in total. The van der Waals surface area contributed by atoms with Crippen molar-refractivity contribution < 1.29 is 9.84 Å². The Kier molecular flexibility index (Phi) is 2.69. The van der Waals surface area contributed by atoms with Gasteiger partial charge in [0.25, 0.3) is 0 Å². The maximum Gasteiger partial charge on any atom is 0.0880 e. The molecule has 0 aromatic heterocycles. The first-order chi connectivity index (χ1) is 4.77. The molecule has 1 fully saturated rings. The van der Waals surface area contributed by atoms with Crippen molar-refractivity contribution >= 4 is 0 Å². The fraction of sp³-hybridized carbons (Fsp3) is 1.00. The minimum absolute atomic E-state index is 0.493. The van der Waals surface area contributed by atoms with Crippen LogP contribution in [0.25, 0.3) is 0 Å². The Balaban J connectivity index is 2.32. The third-order valence-corrected chi connectivity index (χ3v) is 2.02. The van der Waals surface area contributed by atoms with E-state index in [9.17, 15) is 5.11 Å². The fourth-order valence-electron chi connectivity index (χ4n) is 1.50. The van der Waals surface area contributed by atoms with Crippen LogP contribution in [0.15, 0.2) is 0 Å². The van der Waals surface area contributed by atoms with Crippen LogP contribution in [0.4, 0.5) is 0 Å². The molecule has 1 heterocycles. The molecule has 0 bridgehead atoms. The van der Waals surface area contributed by atoms with E-state index >= 15 is 0 Å². The SMILES string of the molecule is CCCC1(O)CCCOC1. The van der Waals surface area contributed by atoms with Crippen molar-refractivity contribution in [3.05, 3.63) is 0 Å². The molecule has 0 saturated carbocycles. The molecule has 0 amide bonds. The normalized spacial score (nSPS) is 34.2. The maximum atomic E-state index is 9.75. The quantitative estimate of drug-likeness (QED) is 0.633. The molecule has 0 aromatic carbocycles. The van der Waals surface area contributed by atoms with E-state index in [1.807, 2.05) is 0 Å². The maximum absolute atomic E-state index is 9.75. The molecule has 1 aliphatic heterocycles. The lowest BCUT2D eigenvalue weighted by molar-refractivity contribution is -0.0898. The summed E-state index contributed by atoms with van der Waals surface area (Å²) in [6.45, 7) is 3.46. The minimum atomic E-state index is -0.493. The predicted octanol–water partition coefficient (Wildman–Crippen LogP) is 1.33. The van der Waals surface area contributed by atoms with Crippen molar-refractivity contribution in [1.82, 2.24) is 0 Å². The van der Waals surface area contributed by atoms with E-state index in [1.165, 1.54) is 0 Å². The Morgan fingerprint density at radius 1 is 1.60 bits per heavy atom. The lowest BCUT2D eigenvalue weighted by Crippen LogP contribution is -2.38. The summed E-state index contributed by atoms with van der Waals surface area (Å²) in [6.07, 6.45) is 3.85. The molecule has 60 valence electrons. The summed E-state index contributed by atoms with van der Waals surface area (Å²) in [5.41, 5.74) is -0.493. The van der Waals surface area contributed by atoms with Crippen LogP contribution in [-0.4, -0.2) is 23.9 Å². The topological polar surface area (TPSA) is 29.5 Å². The first kappa shape index (κ1) is 8.02. The highest BCUT2D eigenvalue weighted by atomic mass is 16.5. The minimum Gasteiger partial charge on any atom is -0.387 e. The van der Waals surface area contributed by atoms with Crippen LogP contribution in [0.3, 0.4) is 0 Å². The lowest BCUT2D eigenvalue weighted by atomic mass is 9.92. The molecule has 1 unspecified atom stereocenters. The Bertz CT molecular complexity index is 89.9. The Labute approximate surface area is 62.2 Å². The Morgan fingerprint density at radius 2 is 2.40 bits per heavy atom. The third kappa shape index (κ3) is 1.96. The first-order valence-electron chi connectivity index (χ1n) is 4.07. The van der Waals surface area contributed by atoms with Crippen molar-refractivity contribution in [2.45, 2.75) is 38.2 Å². The summed E-state index contributed by atoms with van der Waals surface area (Å²) in [4.78, 5) is 0. The van der Waals surface area contributed by atoms with Crippen LogP contribution in [-0.2, 0) is 4.74 Å². The van der Waals surface area contributed by atoms with Gasteiger partial charge < -0.3 is 9.84 Å². The number of aliphatic hydroxyl groups is 1. The molecule has 1 aliphatic rings. The number of hydrogen-bond donors (Lipinski definition) is 1. The van der Waals surface area contributed by atoms with Gasteiger partial charge in [-0.05, 0) is 19.3 Å². The van der Waals surface area contributed by atoms with Crippen LogP contribution in [0.1, 0.15) is 32.6 Å². The number of ether oxygens (including phenoxy) is 1. The van der Waals surface area contributed by atoms with Crippen LogP contribution >= 0.6 is 0 Å². The van der Waals surface area contributed by atoms with E-state index in [0.717, 1.165) is 32.3 Å². The summed E-state index contributed by atoms with van der Waals surface area (Å²) in [5.74, 6) is 0. The van der Waals surface area contributed by atoms with E-state index in [4.69, 9.17) is 4.74 Å². The van der Waals surface area contributed by atoms with Crippen LogP contribution in [0.5, 0.6) is 0 Å². The van der Waals surface area contributed by atoms with Gasteiger partial charge in [-0.1, -0.05) is 13.3 Å². The molecule has 1 atom stereocenters. The molecular weight excluding hydrogens is 128 g/mol. The second kappa shape index (κ2) is 3.35. The van der Waals surface area contributed by atoms with Gasteiger partial charge in [0.15, 0.2) is 0 Å². The zero-order valence-electron chi connectivity index (χ0n) is 6.60. The van der Waals surface area contributed by atoms with Gasteiger partial charge in [-0.15, -0.1) is 0 Å². The van der Waals surface area contributed by atoms with Gasteiger partial charge in [-0.3, -0.25) is 0 Å². The third-order valence-electron chi connectivity index (χ3n) is 2.02. The van der Waals surface area contributed by atoms with E-state index in [2.05, 4.69) is 6.92 Å². The average molecular weight is 144 g/mol. The number of hydrogen-bond acceptors (Lipinski definition) is 2. The Hall–Kier alpha value is -0.0800. The molecule has 10 heavy (non-hydrogen) atoms. The van der Waals surface area contributed by atoms with Crippen molar-refractivity contribution in [3.8, 4) is 0 Å². The molecular formula is C8H16O2. The summed E-state index contributed by atoms with van der Waals surface area (Å²) >= 11 is 0. The standard InChI is InChI=1S/C8H16O2/c1-2-4-8(9)5-3-6-10-7-8/h9H,2-7H2,1H3. The molecule has 1 rings (SSSR count). The van der Waals surface area contributed by atoms with Crippen molar-refractivity contribution in [1.29, 1.82) is 0 Å². The van der Waals surface area contributed by atoms with Crippen LogP contribution in [0, 0.1) is 0 Å². The fourth-order valence-corrected chi connectivity index (χ4v) is 1.50. The second-order valence-corrected chi connectivity index (χ2v) is 3.13. The molecule has 0 aromatic rings. The van der Waals surface area contributed by atoms with E-state index in [-0.39, 0.29) is 0 Å². The van der Waals surface area contributed by atoms with Crippen molar-refractivity contribution in [3.63, 3.8) is 0 Å². The van der Waals surface area contributed by atoms with Crippen molar-refractivity contribution in [2.24, 2.45) is 0 Å². The smallest absolute Gasteiger partial charge is 0.0880 e. The Morgan fingerprint density at radius 3 is 2.90 bits per heavy atom. The molecule has 0 aliphatic carbocycles. The van der Waals surface area contributed by atoms with Gasteiger partial charge in [-0.25, -0.2) is 0 Å². The largest absolute Gasteiger partial charge is 0.387 e. The zero-order valence-corrected chi connectivity index (χ0v) is 6.60. The van der Waals surface area contributed by atoms with Crippen LogP contribution in [0.2, 0.25) is 0 Å². The molecule has 0 radical (unpaired) electrons. The zero-order chi connectivity index (χ0) is 7.45. The highest BCUT2D eigenvalue weighted by molar-refractivity contribution is 4.79. The lowest BCUT2D eigenvalue weighted by Gasteiger charge is -2.31. The summed E-state index contributed by atoms with van der Waals surface area (Å²) in [6, 6.07) is 0. The van der Waals surface area contributed by atoms with E-state index < -0.39 is 5.60 Å². The highest BCUT2D eigenvalue weighted by Gasteiger charge is 2.28. The van der Waals surface area contributed by atoms with Gasteiger partial charge in [0, 0.05) is 6.61 Å². The molecule has 1 N–H and O–H groups in total. The second-order valence-electron chi connectivity index (χ2n) is 3.13. The summed E-state index contributed by atoms with van der Waals surface area (Å²) in [5, 5.41) is 9.75. The van der Waals surface area contributed by atoms with E-state index in [0.29, 0.717) is 6.61 Å². The summed E-state index contributed by atoms with van der Waals surface area (Å²) in [7, 11) is 0. The van der Waals surface area contributed by atoms with Gasteiger partial charge in [0.05, 0.1) is 12.2 Å². The molecule has 0 spiro atoms. The van der Waals surface area contributed by atoms with Gasteiger partial charge >= 0.3 is 0 Å². The van der Waals surface area contributed by atoms with Gasteiger partial charge in [0.2, 0.25) is 0 Å².